The predicted molar refractivity (Wildman–Crippen MR) is 304 cm³/mol. The van der Waals surface area contributed by atoms with Crippen LogP contribution in [-0.2, 0) is 18.4 Å². The molecule has 1 amide bonds. The molecule has 3 atom stereocenters. The molecular formula is C61H102N2O6P+. The van der Waals surface area contributed by atoms with Crippen molar-refractivity contribution in [3.63, 3.8) is 0 Å². The molecule has 0 aromatic heterocycles. The third kappa shape index (κ3) is 52.2. The van der Waals surface area contributed by atoms with Gasteiger partial charge in [-0.3, -0.25) is 13.8 Å². The van der Waals surface area contributed by atoms with Crippen LogP contribution in [0.5, 0.6) is 0 Å². The summed E-state index contributed by atoms with van der Waals surface area (Å²) >= 11 is 0. The van der Waals surface area contributed by atoms with Crippen LogP contribution in [0.2, 0.25) is 0 Å². The summed E-state index contributed by atoms with van der Waals surface area (Å²) in [6.07, 6.45) is 78.0. The molecule has 0 heterocycles. The van der Waals surface area contributed by atoms with E-state index in [0.717, 1.165) is 109 Å². The number of nitrogens with one attached hydrogen (secondary N) is 1. The second-order valence-corrected chi connectivity index (χ2v) is 20.3. The Balaban J connectivity index is 4.24. The number of aliphatic hydroxyl groups excluding tert-OH is 1. The van der Waals surface area contributed by atoms with Crippen LogP contribution in [0.15, 0.2) is 146 Å². The molecule has 3 N–H and O–H groups in total. The van der Waals surface area contributed by atoms with E-state index in [-0.39, 0.29) is 19.1 Å². The highest BCUT2D eigenvalue weighted by molar-refractivity contribution is 7.47. The molecule has 0 aromatic carbocycles. The van der Waals surface area contributed by atoms with Crippen molar-refractivity contribution in [1.29, 1.82) is 0 Å². The van der Waals surface area contributed by atoms with Crippen molar-refractivity contribution >= 4 is 13.7 Å². The summed E-state index contributed by atoms with van der Waals surface area (Å²) < 4.78 is 23.6. The summed E-state index contributed by atoms with van der Waals surface area (Å²) in [7, 11) is 1.52. The molecule has 0 fully saturated rings. The van der Waals surface area contributed by atoms with Gasteiger partial charge < -0.3 is 19.8 Å². The van der Waals surface area contributed by atoms with E-state index >= 15 is 0 Å². The highest BCUT2D eigenvalue weighted by atomic mass is 31.2. The molecule has 0 saturated carbocycles. The van der Waals surface area contributed by atoms with E-state index in [1.54, 1.807) is 6.08 Å². The van der Waals surface area contributed by atoms with Crippen LogP contribution in [0.25, 0.3) is 0 Å². The second-order valence-electron chi connectivity index (χ2n) is 18.9. The first-order valence-corrected chi connectivity index (χ1v) is 28.7. The number of rotatable bonds is 47. The number of carbonyl (C=O) groups is 1. The number of carbonyl (C=O) groups excluding carboxylic acids is 1. The van der Waals surface area contributed by atoms with Crippen LogP contribution in [0.3, 0.4) is 0 Å². The lowest BCUT2D eigenvalue weighted by Gasteiger charge is -2.25. The van der Waals surface area contributed by atoms with Crippen molar-refractivity contribution < 1.29 is 32.9 Å². The van der Waals surface area contributed by atoms with E-state index in [9.17, 15) is 19.4 Å². The molecule has 0 bridgehead atoms. The predicted octanol–water partition coefficient (Wildman–Crippen LogP) is 16.5. The summed E-state index contributed by atoms with van der Waals surface area (Å²) in [5.41, 5.74) is 0. The Morgan fingerprint density at radius 2 is 0.857 bits per heavy atom. The number of nitrogens with zero attached hydrogens (tertiary/aromatic N) is 1. The van der Waals surface area contributed by atoms with Crippen molar-refractivity contribution in [2.24, 2.45) is 0 Å². The van der Waals surface area contributed by atoms with Crippen LogP contribution in [0.1, 0.15) is 181 Å². The topological polar surface area (TPSA) is 105 Å². The van der Waals surface area contributed by atoms with Gasteiger partial charge in [-0.1, -0.05) is 217 Å². The Hall–Kier alpha value is -3.62. The minimum atomic E-state index is -4.36. The van der Waals surface area contributed by atoms with Crippen molar-refractivity contribution in [1.82, 2.24) is 5.32 Å². The molecule has 0 aromatic rings. The van der Waals surface area contributed by atoms with Crippen LogP contribution in [0.4, 0.5) is 0 Å². The fraction of sp³-hybridized carbons (Fsp3) is 0.590. The molecule has 0 rings (SSSR count). The van der Waals surface area contributed by atoms with Gasteiger partial charge in [-0.25, -0.2) is 4.57 Å². The highest BCUT2D eigenvalue weighted by Gasteiger charge is 2.27. The van der Waals surface area contributed by atoms with Gasteiger partial charge in [0.25, 0.3) is 0 Å². The van der Waals surface area contributed by atoms with E-state index in [1.165, 1.54) is 44.9 Å². The summed E-state index contributed by atoms with van der Waals surface area (Å²) in [6, 6.07) is -0.874. The van der Waals surface area contributed by atoms with Gasteiger partial charge in [0.1, 0.15) is 13.2 Å². The quantitative estimate of drug-likeness (QED) is 0.0243. The number of allylic oxidation sites excluding steroid dienone is 23. The Labute approximate surface area is 429 Å². The molecule has 0 spiro atoms. The lowest BCUT2D eigenvalue weighted by atomic mass is 10.1. The Bertz CT molecular complexity index is 1640. The van der Waals surface area contributed by atoms with Crippen LogP contribution in [-0.4, -0.2) is 73.4 Å². The lowest BCUT2D eigenvalue weighted by Crippen LogP contribution is -2.45. The Morgan fingerprint density at radius 1 is 0.500 bits per heavy atom. The molecule has 9 heteroatoms. The molecule has 70 heavy (non-hydrogen) atoms. The molecular weight excluding hydrogens is 888 g/mol. The monoisotopic (exact) mass is 990 g/mol. The minimum Gasteiger partial charge on any atom is -0.387 e. The maximum atomic E-state index is 12.9. The number of hydrogen-bond acceptors (Lipinski definition) is 5. The van der Waals surface area contributed by atoms with Gasteiger partial charge in [-0.15, -0.1) is 0 Å². The second kappa shape index (κ2) is 50.3. The average Bonchev–Trinajstić information content (AvgIpc) is 3.32. The number of phosphoric ester groups is 1. The van der Waals surface area contributed by atoms with Crippen molar-refractivity contribution in [3.05, 3.63) is 146 Å². The number of hydrogen-bond donors (Lipinski definition) is 3. The van der Waals surface area contributed by atoms with Crippen LogP contribution < -0.4 is 5.32 Å². The number of aliphatic hydroxyl groups is 1. The van der Waals surface area contributed by atoms with Gasteiger partial charge in [-0.05, 0) is 103 Å². The van der Waals surface area contributed by atoms with Crippen molar-refractivity contribution in [2.75, 3.05) is 40.9 Å². The van der Waals surface area contributed by atoms with Crippen LogP contribution >= 0.6 is 7.82 Å². The summed E-state index contributed by atoms with van der Waals surface area (Å²) in [5.74, 6) is -0.218. The number of phosphoric acid groups is 1. The van der Waals surface area contributed by atoms with E-state index < -0.39 is 20.0 Å². The molecule has 396 valence electrons. The molecule has 0 aliphatic rings. The van der Waals surface area contributed by atoms with Gasteiger partial charge in [0.2, 0.25) is 5.91 Å². The first kappa shape index (κ1) is 66.4. The third-order valence-corrected chi connectivity index (χ3v) is 12.0. The molecule has 0 aliphatic carbocycles. The third-order valence-electron chi connectivity index (χ3n) is 11.1. The molecule has 0 aliphatic heterocycles. The number of likely N-dealkylation sites (N-methyl/N-ethyl adjacent to an activating group) is 1. The van der Waals surface area contributed by atoms with E-state index in [2.05, 4.69) is 153 Å². The maximum absolute atomic E-state index is 12.9. The Morgan fingerprint density at radius 3 is 1.26 bits per heavy atom. The number of quaternary nitrogens is 1. The fourth-order valence-corrected chi connectivity index (χ4v) is 7.54. The first-order chi connectivity index (χ1) is 34.0. The van der Waals surface area contributed by atoms with E-state index in [4.69, 9.17) is 9.05 Å². The summed E-state index contributed by atoms with van der Waals surface area (Å²) in [4.78, 5) is 23.2. The van der Waals surface area contributed by atoms with E-state index in [1.807, 2.05) is 27.2 Å². The minimum absolute atomic E-state index is 0.0464. The normalized spacial score (nSPS) is 15.1. The van der Waals surface area contributed by atoms with Gasteiger partial charge in [0, 0.05) is 6.42 Å². The molecule has 0 saturated heterocycles. The van der Waals surface area contributed by atoms with Gasteiger partial charge >= 0.3 is 7.82 Å². The number of unbranched alkanes of at least 4 members (excludes halogenated alkanes) is 12. The Kier molecular flexibility index (Phi) is 47.7. The lowest BCUT2D eigenvalue weighted by molar-refractivity contribution is -0.870. The van der Waals surface area contributed by atoms with Crippen molar-refractivity contribution in [3.8, 4) is 0 Å². The maximum Gasteiger partial charge on any atom is 0.472 e. The zero-order chi connectivity index (χ0) is 51.3. The smallest absolute Gasteiger partial charge is 0.387 e. The molecule has 8 nitrogen and oxygen atoms in total. The van der Waals surface area contributed by atoms with E-state index in [0.29, 0.717) is 23.9 Å². The van der Waals surface area contributed by atoms with Gasteiger partial charge in [0.05, 0.1) is 39.9 Å². The molecule has 0 radical (unpaired) electrons. The standard InChI is InChI=1S/C61H101N2O6P/c1-6-8-10-12-14-16-18-19-20-21-22-23-24-25-26-27-28-29-30-31-32-33-34-35-36-37-38-39-40-41-42-43-45-47-49-51-53-55-61(65)62-59(58-69-70(66,67)68-57-56-63(3,4)5)60(64)54-52-50-48-46-44-17-15-13-11-9-7-2/h8,10,14,16,19-20,22-23,25-26,28-29,31-32,34-35,37-38,40-41,43,45,52,54,59-60,64H,6-7,9,11-13,15,17-18,21,24,27,30,33,36,39,42,44,46-51,53,55-58H2,1-5H3,(H-,62,65,66,67)/p+1/b10-8-,16-14-,20-19-,23-22-,26-25-,29-28-,32-31-,35-34-,38-37-,41-40-,45-43-,54-52+. The van der Waals surface area contributed by atoms with Crippen molar-refractivity contribution in [2.45, 2.75) is 193 Å². The van der Waals surface area contributed by atoms with Crippen LogP contribution in [0, 0.1) is 0 Å². The summed E-state index contributed by atoms with van der Waals surface area (Å²) in [6.45, 7) is 4.63. The molecule has 3 unspecified atom stereocenters. The average molecular weight is 990 g/mol. The fourth-order valence-electron chi connectivity index (χ4n) is 6.81. The summed E-state index contributed by atoms with van der Waals surface area (Å²) in [5, 5.41) is 13.8. The number of amides is 1. The zero-order valence-electron chi connectivity index (χ0n) is 44.9. The largest absolute Gasteiger partial charge is 0.472 e. The van der Waals surface area contributed by atoms with Gasteiger partial charge in [-0.2, -0.15) is 0 Å². The zero-order valence-corrected chi connectivity index (χ0v) is 45.8. The first-order valence-electron chi connectivity index (χ1n) is 27.2. The highest BCUT2D eigenvalue weighted by Crippen LogP contribution is 2.43. The van der Waals surface area contributed by atoms with Gasteiger partial charge in [0.15, 0.2) is 0 Å². The SMILES string of the molecule is CC/C=C\C/C=C\C/C=C\C/C=C\C/C=C\C/C=C\C/C=C\C/C=C\C/C=C\C/C=C\C/C=C\CCCCCC(=O)NC(COP(=O)(O)OCC[N+](C)(C)C)C(O)/C=C/CCCCCCCCCCC.